The molecule has 150 valence electrons. The lowest BCUT2D eigenvalue weighted by atomic mass is 10.2. The maximum absolute atomic E-state index is 6.07. The van der Waals surface area contributed by atoms with E-state index in [1.165, 1.54) is 0 Å². The number of nitrogens with zero attached hydrogens (tertiary/aromatic N) is 4. The number of hydrogen-bond acceptors (Lipinski definition) is 5. The van der Waals surface area contributed by atoms with Crippen LogP contribution in [0.1, 0.15) is 25.4 Å². The minimum Gasteiger partial charge on any atom is -0.454 e. The van der Waals surface area contributed by atoms with Gasteiger partial charge in [-0.15, -0.1) is 0 Å². The van der Waals surface area contributed by atoms with Crippen molar-refractivity contribution in [1.82, 2.24) is 9.97 Å². The summed E-state index contributed by atoms with van der Waals surface area (Å²) in [6.45, 7) is 3.87. The Balaban J connectivity index is 1.48. The summed E-state index contributed by atoms with van der Waals surface area (Å²) in [7, 11) is 0. The molecular formula is C26H20N4O. The zero-order chi connectivity index (χ0) is 21.2. The Kier molecular flexibility index (Phi) is 4.84. The number of rotatable bonds is 4. The van der Waals surface area contributed by atoms with Gasteiger partial charge in [-0.05, 0) is 50.2 Å². The molecule has 0 atom stereocenters. The predicted molar refractivity (Wildman–Crippen MR) is 126 cm³/mol. The molecule has 2 aromatic carbocycles. The van der Waals surface area contributed by atoms with Gasteiger partial charge in [-0.1, -0.05) is 36.4 Å². The number of furan rings is 1. The summed E-state index contributed by atoms with van der Waals surface area (Å²) in [4.78, 5) is 18.5. The number of fused-ring (bicyclic) bond motifs is 2. The van der Waals surface area contributed by atoms with Crippen molar-refractivity contribution in [3.63, 3.8) is 0 Å². The van der Waals surface area contributed by atoms with Crippen molar-refractivity contribution in [2.24, 2.45) is 9.98 Å². The molecule has 3 aromatic heterocycles. The molecule has 5 nitrogen and oxygen atoms in total. The van der Waals surface area contributed by atoms with E-state index < -0.39 is 0 Å². The first-order valence-electron chi connectivity index (χ1n) is 10.1. The van der Waals surface area contributed by atoms with Gasteiger partial charge in [0.2, 0.25) is 0 Å². The molecule has 0 N–H and O–H groups in total. The quantitative estimate of drug-likeness (QED) is 0.315. The van der Waals surface area contributed by atoms with Crippen molar-refractivity contribution in [3.05, 3.63) is 96.7 Å². The normalized spacial score (nSPS) is 12.6. The fraction of sp³-hybridized carbons (Fsp3) is 0.0769. The summed E-state index contributed by atoms with van der Waals surface area (Å²) in [5.41, 5.74) is 4.95. The van der Waals surface area contributed by atoms with Crippen LogP contribution in [0.15, 0.2) is 99.6 Å². The minimum atomic E-state index is 0.702. The molecular weight excluding hydrogens is 384 g/mol. The third kappa shape index (κ3) is 3.73. The van der Waals surface area contributed by atoms with Gasteiger partial charge in [-0.25, -0.2) is 9.98 Å². The maximum Gasteiger partial charge on any atom is 0.148 e. The fourth-order valence-corrected chi connectivity index (χ4v) is 3.55. The summed E-state index contributed by atoms with van der Waals surface area (Å²) in [5.74, 6) is 1.40. The van der Waals surface area contributed by atoms with Gasteiger partial charge in [0.25, 0.3) is 0 Å². The van der Waals surface area contributed by atoms with Gasteiger partial charge in [0.15, 0.2) is 0 Å². The second kappa shape index (κ2) is 7.95. The van der Waals surface area contributed by atoms with Crippen molar-refractivity contribution < 1.29 is 4.42 Å². The van der Waals surface area contributed by atoms with E-state index >= 15 is 0 Å². The zero-order valence-corrected chi connectivity index (χ0v) is 17.3. The Labute approximate surface area is 179 Å². The van der Waals surface area contributed by atoms with Crippen LogP contribution in [-0.4, -0.2) is 21.4 Å². The van der Waals surface area contributed by atoms with Crippen LogP contribution < -0.4 is 0 Å². The number of pyridine rings is 2. The van der Waals surface area contributed by atoms with Crippen LogP contribution in [0.4, 0.5) is 11.4 Å². The SMILES string of the molecule is CC(=Nc1cccc2cccnc12)c1ccc(C(C)=Nc2cccc3cccnc23)o1. The lowest BCUT2D eigenvalue weighted by Crippen LogP contribution is -1.94. The molecule has 31 heavy (non-hydrogen) atoms. The van der Waals surface area contributed by atoms with E-state index in [4.69, 9.17) is 14.4 Å². The smallest absolute Gasteiger partial charge is 0.148 e. The van der Waals surface area contributed by atoms with Crippen LogP contribution in [0.5, 0.6) is 0 Å². The molecule has 5 aromatic rings. The minimum absolute atomic E-state index is 0.702. The summed E-state index contributed by atoms with van der Waals surface area (Å²) in [6, 6.07) is 23.7. The van der Waals surface area contributed by atoms with Crippen LogP contribution >= 0.6 is 0 Å². The fourth-order valence-electron chi connectivity index (χ4n) is 3.55. The van der Waals surface area contributed by atoms with Gasteiger partial charge in [-0.3, -0.25) is 9.97 Å². The van der Waals surface area contributed by atoms with E-state index in [-0.39, 0.29) is 0 Å². The highest BCUT2D eigenvalue weighted by Crippen LogP contribution is 2.26. The average Bonchev–Trinajstić information content (AvgIpc) is 3.30. The maximum atomic E-state index is 6.07. The Morgan fingerprint density at radius 3 is 1.55 bits per heavy atom. The van der Waals surface area contributed by atoms with Crippen molar-refractivity contribution in [2.75, 3.05) is 0 Å². The Hall–Kier alpha value is -4.12. The highest BCUT2D eigenvalue weighted by atomic mass is 16.3. The van der Waals surface area contributed by atoms with E-state index in [9.17, 15) is 0 Å². The van der Waals surface area contributed by atoms with E-state index in [0.29, 0.717) is 11.5 Å². The topological polar surface area (TPSA) is 63.6 Å². The van der Waals surface area contributed by atoms with E-state index in [1.807, 2.05) is 86.6 Å². The first kappa shape index (κ1) is 18.9. The largest absolute Gasteiger partial charge is 0.454 e. The molecule has 0 unspecified atom stereocenters. The van der Waals surface area contributed by atoms with Crippen molar-refractivity contribution >= 4 is 44.6 Å². The third-order valence-electron chi connectivity index (χ3n) is 5.12. The van der Waals surface area contributed by atoms with Crippen molar-refractivity contribution in [1.29, 1.82) is 0 Å². The molecule has 0 aliphatic heterocycles. The van der Waals surface area contributed by atoms with Crippen LogP contribution in [0.3, 0.4) is 0 Å². The standard InChI is InChI=1S/C26H20N4O/c1-17(29-21-11-3-7-19-9-5-15-27-25(19)21)23-13-14-24(31-23)18(2)30-22-12-4-8-20-10-6-16-28-26(20)22/h3-16H,1-2H3. The lowest BCUT2D eigenvalue weighted by molar-refractivity contribution is 0.548. The molecule has 0 radical (unpaired) electrons. The number of hydrogen-bond donors (Lipinski definition) is 0. The Morgan fingerprint density at radius 1 is 0.613 bits per heavy atom. The Bertz CT molecular complexity index is 1340. The molecule has 0 bridgehead atoms. The van der Waals surface area contributed by atoms with Gasteiger partial charge in [0.1, 0.15) is 11.5 Å². The van der Waals surface area contributed by atoms with Crippen LogP contribution in [0.25, 0.3) is 21.8 Å². The van der Waals surface area contributed by atoms with Crippen LogP contribution in [-0.2, 0) is 0 Å². The van der Waals surface area contributed by atoms with Crippen molar-refractivity contribution in [2.45, 2.75) is 13.8 Å². The summed E-state index contributed by atoms with van der Waals surface area (Å²) in [6.07, 6.45) is 3.56. The van der Waals surface area contributed by atoms with Gasteiger partial charge < -0.3 is 4.42 Å². The second-order valence-electron chi connectivity index (χ2n) is 7.26. The molecule has 5 rings (SSSR count). The molecule has 0 fully saturated rings. The van der Waals surface area contributed by atoms with Gasteiger partial charge in [0.05, 0.1) is 33.8 Å². The first-order chi connectivity index (χ1) is 15.2. The molecule has 0 amide bonds. The van der Waals surface area contributed by atoms with Crippen molar-refractivity contribution in [3.8, 4) is 0 Å². The number of para-hydroxylation sites is 2. The van der Waals surface area contributed by atoms with Crippen LogP contribution in [0.2, 0.25) is 0 Å². The summed E-state index contributed by atoms with van der Waals surface area (Å²) in [5, 5.41) is 2.12. The molecule has 0 saturated heterocycles. The molecule has 0 spiro atoms. The Morgan fingerprint density at radius 2 is 1.06 bits per heavy atom. The third-order valence-corrected chi connectivity index (χ3v) is 5.12. The number of aliphatic imine (C=N–C) groups is 2. The predicted octanol–water partition coefficient (Wildman–Crippen LogP) is 6.66. The van der Waals surface area contributed by atoms with E-state index in [2.05, 4.69) is 9.97 Å². The average molecular weight is 404 g/mol. The number of benzene rings is 2. The first-order valence-corrected chi connectivity index (χ1v) is 10.1. The zero-order valence-electron chi connectivity index (χ0n) is 17.3. The van der Waals surface area contributed by atoms with Crippen LogP contribution in [0, 0.1) is 0 Å². The molecule has 5 heteroatoms. The molecule has 0 saturated carbocycles. The molecule has 0 aliphatic carbocycles. The highest BCUT2D eigenvalue weighted by molar-refractivity contribution is 6.04. The highest BCUT2D eigenvalue weighted by Gasteiger charge is 2.10. The lowest BCUT2D eigenvalue weighted by Gasteiger charge is -2.03. The summed E-state index contributed by atoms with van der Waals surface area (Å²) >= 11 is 0. The van der Waals surface area contributed by atoms with Gasteiger partial charge in [0, 0.05) is 23.2 Å². The van der Waals surface area contributed by atoms with Gasteiger partial charge in [-0.2, -0.15) is 0 Å². The summed E-state index contributed by atoms with van der Waals surface area (Å²) < 4.78 is 6.07. The van der Waals surface area contributed by atoms with E-state index in [0.717, 1.165) is 44.6 Å². The monoisotopic (exact) mass is 404 g/mol. The number of aromatic nitrogens is 2. The van der Waals surface area contributed by atoms with Gasteiger partial charge >= 0.3 is 0 Å². The second-order valence-corrected chi connectivity index (χ2v) is 7.26. The molecule has 3 heterocycles. The molecule has 0 aliphatic rings. The van der Waals surface area contributed by atoms with E-state index in [1.54, 1.807) is 12.4 Å².